The van der Waals surface area contributed by atoms with Gasteiger partial charge in [0.2, 0.25) is 5.91 Å². The molecule has 2 rings (SSSR count). The predicted molar refractivity (Wildman–Crippen MR) is 101 cm³/mol. The Morgan fingerprint density at radius 1 is 1.16 bits per heavy atom. The van der Waals surface area contributed by atoms with E-state index < -0.39 is 0 Å². The lowest BCUT2D eigenvalue weighted by Gasteiger charge is -2.37. The Morgan fingerprint density at radius 2 is 1.88 bits per heavy atom. The fraction of sp³-hybridized carbons (Fsp3) is 0.556. The van der Waals surface area contributed by atoms with Crippen LogP contribution in [0.15, 0.2) is 29.3 Å². The molecule has 0 spiro atoms. The van der Waals surface area contributed by atoms with Crippen LogP contribution in [-0.4, -0.2) is 68.2 Å². The van der Waals surface area contributed by atoms with Gasteiger partial charge in [0.1, 0.15) is 5.75 Å². The molecular formula is C18H29N5O2. The summed E-state index contributed by atoms with van der Waals surface area (Å²) in [6.07, 6.45) is 1.39. The van der Waals surface area contributed by atoms with E-state index in [0.29, 0.717) is 18.7 Å². The number of hydrogen-bond donors (Lipinski definition) is 3. The zero-order chi connectivity index (χ0) is 18.1. The summed E-state index contributed by atoms with van der Waals surface area (Å²) >= 11 is 0. The molecule has 0 aliphatic carbocycles. The summed E-state index contributed by atoms with van der Waals surface area (Å²) in [5.74, 6) is 1.20. The van der Waals surface area contributed by atoms with Crippen molar-refractivity contribution in [2.24, 2.45) is 4.99 Å². The van der Waals surface area contributed by atoms with Crippen LogP contribution in [0.1, 0.15) is 19.8 Å². The molecule has 3 N–H and O–H groups in total. The summed E-state index contributed by atoms with van der Waals surface area (Å²) in [6.45, 7) is 6.59. The molecule has 0 atom stereocenters. The number of phenolic OH excluding ortho intramolecular Hbond substituents is 1. The van der Waals surface area contributed by atoms with Gasteiger partial charge in [-0.05, 0) is 18.6 Å². The van der Waals surface area contributed by atoms with Crippen LogP contribution in [-0.2, 0) is 4.79 Å². The molecule has 0 aromatic heterocycles. The van der Waals surface area contributed by atoms with E-state index in [1.165, 1.54) is 0 Å². The van der Waals surface area contributed by atoms with Gasteiger partial charge in [-0.15, -0.1) is 0 Å². The number of rotatable bonds is 6. The highest BCUT2D eigenvalue weighted by Crippen LogP contribution is 2.27. The van der Waals surface area contributed by atoms with Crippen LogP contribution in [0.2, 0.25) is 0 Å². The van der Waals surface area contributed by atoms with Crippen LogP contribution in [0.5, 0.6) is 5.75 Å². The zero-order valence-corrected chi connectivity index (χ0v) is 15.2. The zero-order valence-electron chi connectivity index (χ0n) is 15.2. The van der Waals surface area contributed by atoms with Crippen molar-refractivity contribution in [2.75, 3.05) is 51.2 Å². The smallest absolute Gasteiger partial charge is 0.221 e. The van der Waals surface area contributed by atoms with Gasteiger partial charge >= 0.3 is 0 Å². The van der Waals surface area contributed by atoms with E-state index in [4.69, 9.17) is 0 Å². The molecule has 1 heterocycles. The molecule has 25 heavy (non-hydrogen) atoms. The molecule has 1 aliphatic rings. The van der Waals surface area contributed by atoms with E-state index in [9.17, 15) is 9.90 Å². The van der Waals surface area contributed by atoms with Crippen LogP contribution < -0.4 is 15.5 Å². The summed E-state index contributed by atoms with van der Waals surface area (Å²) in [6, 6.07) is 7.42. The Bertz CT molecular complexity index is 583. The Labute approximate surface area is 149 Å². The van der Waals surface area contributed by atoms with Crippen molar-refractivity contribution in [3.63, 3.8) is 0 Å². The van der Waals surface area contributed by atoms with E-state index in [1.807, 2.05) is 25.1 Å². The molecule has 1 fully saturated rings. The second-order valence-corrected chi connectivity index (χ2v) is 6.04. The normalized spacial score (nSPS) is 15.2. The van der Waals surface area contributed by atoms with Gasteiger partial charge in [0.25, 0.3) is 0 Å². The largest absolute Gasteiger partial charge is 0.506 e. The van der Waals surface area contributed by atoms with E-state index >= 15 is 0 Å². The number of nitrogens with zero attached hydrogens (tertiary/aromatic N) is 3. The Morgan fingerprint density at radius 3 is 2.52 bits per heavy atom. The number of phenols is 1. The SMILES string of the molecule is CCCNC(=O)CCNC(=NC)N1CCN(c2ccccc2O)CC1. The third kappa shape index (κ3) is 5.55. The minimum Gasteiger partial charge on any atom is -0.506 e. The third-order valence-corrected chi connectivity index (χ3v) is 4.22. The molecule has 7 heteroatoms. The van der Waals surface area contributed by atoms with E-state index in [-0.39, 0.29) is 5.91 Å². The first-order valence-corrected chi connectivity index (χ1v) is 8.91. The van der Waals surface area contributed by atoms with Crippen molar-refractivity contribution in [1.82, 2.24) is 15.5 Å². The topological polar surface area (TPSA) is 80.2 Å². The third-order valence-electron chi connectivity index (χ3n) is 4.22. The number of aromatic hydroxyl groups is 1. The number of aliphatic imine (C=N–C) groups is 1. The number of piperazine rings is 1. The number of hydrogen-bond acceptors (Lipinski definition) is 4. The lowest BCUT2D eigenvalue weighted by Crippen LogP contribution is -2.52. The van der Waals surface area contributed by atoms with Gasteiger partial charge in [-0.1, -0.05) is 19.1 Å². The lowest BCUT2D eigenvalue weighted by molar-refractivity contribution is -0.120. The van der Waals surface area contributed by atoms with Crippen molar-refractivity contribution in [1.29, 1.82) is 0 Å². The average Bonchev–Trinajstić information content (AvgIpc) is 2.64. The molecule has 1 amide bonds. The number of nitrogens with one attached hydrogen (secondary N) is 2. The van der Waals surface area contributed by atoms with Crippen molar-refractivity contribution < 1.29 is 9.90 Å². The highest BCUT2D eigenvalue weighted by atomic mass is 16.3. The standard InChI is InChI=1S/C18H29N5O2/c1-3-9-20-17(25)8-10-21-18(19-2)23-13-11-22(12-14-23)15-6-4-5-7-16(15)24/h4-7,24H,3,8-14H2,1-2H3,(H,19,21)(H,20,25). The Hall–Kier alpha value is -2.44. The van der Waals surface area contributed by atoms with Gasteiger partial charge in [-0.25, -0.2) is 0 Å². The van der Waals surface area contributed by atoms with Crippen LogP contribution in [0.4, 0.5) is 5.69 Å². The molecule has 1 aromatic rings. The molecule has 0 bridgehead atoms. The molecule has 0 saturated carbocycles. The second kappa shape index (κ2) is 9.76. The molecule has 1 saturated heterocycles. The Balaban J connectivity index is 1.78. The fourth-order valence-electron chi connectivity index (χ4n) is 2.86. The van der Waals surface area contributed by atoms with Crippen molar-refractivity contribution in [3.05, 3.63) is 24.3 Å². The monoisotopic (exact) mass is 347 g/mol. The first kappa shape index (κ1) is 18.9. The summed E-state index contributed by atoms with van der Waals surface area (Å²) in [4.78, 5) is 20.3. The van der Waals surface area contributed by atoms with Gasteiger partial charge in [-0.2, -0.15) is 0 Å². The van der Waals surface area contributed by atoms with E-state index in [1.54, 1.807) is 13.1 Å². The number of anilines is 1. The summed E-state index contributed by atoms with van der Waals surface area (Å²) < 4.78 is 0. The fourth-order valence-corrected chi connectivity index (χ4v) is 2.86. The first-order valence-electron chi connectivity index (χ1n) is 8.91. The number of amides is 1. The first-order chi connectivity index (χ1) is 12.2. The lowest BCUT2D eigenvalue weighted by atomic mass is 10.2. The number of benzene rings is 1. The van der Waals surface area contributed by atoms with Crippen LogP contribution in [0.25, 0.3) is 0 Å². The summed E-state index contributed by atoms with van der Waals surface area (Å²) in [5.41, 5.74) is 0.873. The van der Waals surface area contributed by atoms with Crippen LogP contribution in [0, 0.1) is 0 Å². The molecular weight excluding hydrogens is 318 g/mol. The van der Waals surface area contributed by atoms with Gasteiger partial charge in [0, 0.05) is 52.7 Å². The minimum atomic E-state index is 0.0641. The highest BCUT2D eigenvalue weighted by Gasteiger charge is 2.21. The van der Waals surface area contributed by atoms with Crippen molar-refractivity contribution in [2.45, 2.75) is 19.8 Å². The van der Waals surface area contributed by atoms with Crippen molar-refractivity contribution in [3.8, 4) is 5.75 Å². The second-order valence-electron chi connectivity index (χ2n) is 6.04. The van der Waals surface area contributed by atoms with Gasteiger partial charge in [-0.3, -0.25) is 9.79 Å². The molecule has 1 aromatic carbocycles. The summed E-state index contributed by atoms with van der Waals surface area (Å²) in [7, 11) is 1.76. The molecule has 0 unspecified atom stereocenters. The van der Waals surface area contributed by atoms with Crippen LogP contribution in [0.3, 0.4) is 0 Å². The van der Waals surface area contributed by atoms with Gasteiger partial charge < -0.3 is 25.5 Å². The molecule has 138 valence electrons. The minimum absolute atomic E-state index is 0.0641. The Kier molecular flexibility index (Phi) is 7.37. The van der Waals surface area contributed by atoms with Gasteiger partial charge in [0.05, 0.1) is 5.69 Å². The van der Waals surface area contributed by atoms with Crippen molar-refractivity contribution >= 4 is 17.6 Å². The number of para-hydroxylation sites is 2. The molecule has 7 nitrogen and oxygen atoms in total. The summed E-state index contributed by atoms with van der Waals surface area (Å²) in [5, 5.41) is 16.1. The van der Waals surface area contributed by atoms with Crippen LogP contribution >= 0.6 is 0 Å². The predicted octanol–water partition coefficient (Wildman–Crippen LogP) is 1.01. The maximum Gasteiger partial charge on any atom is 0.221 e. The maximum atomic E-state index is 11.6. The highest BCUT2D eigenvalue weighted by molar-refractivity contribution is 5.81. The average molecular weight is 347 g/mol. The number of carbonyl (C=O) groups is 1. The maximum absolute atomic E-state index is 11.6. The molecule has 0 radical (unpaired) electrons. The number of carbonyl (C=O) groups excluding carboxylic acids is 1. The number of guanidine groups is 1. The quantitative estimate of drug-likeness (QED) is 0.529. The molecule has 1 aliphatic heterocycles. The van der Waals surface area contributed by atoms with E-state index in [0.717, 1.165) is 50.8 Å². The van der Waals surface area contributed by atoms with Gasteiger partial charge in [0.15, 0.2) is 5.96 Å². The van der Waals surface area contributed by atoms with E-state index in [2.05, 4.69) is 25.4 Å².